The van der Waals surface area contributed by atoms with E-state index in [-0.39, 0.29) is 17.6 Å². The second-order valence-electron chi connectivity index (χ2n) is 5.58. The molecule has 1 aliphatic rings. The van der Waals surface area contributed by atoms with Crippen LogP contribution in [0.15, 0.2) is 12.1 Å². The molecule has 1 aromatic carbocycles. The average molecular weight is 309 g/mol. The minimum Gasteiger partial charge on any atom is -0.365 e. The van der Waals surface area contributed by atoms with E-state index in [2.05, 4.69) is 0 Å². The van der Waals surface area contributed by atoms with E-state index in [1.54, 1.807) is 11.8 Å². The predicted octanol–water partition coefficient (Wildman–Crippen LogP) is 2.49. The minimum atomic E-state index is -0.597. The number of nitro groups is 1. The van der Waals surface area contributed by atoms with Crippen LogP contribution in [0.3, 0.4) is 0 Å². The maximum Gasteiger partial charge on any atom is 0.275 e. The van der Waals surface area contributed by atoms with Gasteiger partial charge >= 0.3 is 0 Å². The van der Waals surface area contributed by atoms with Crippen LogP contribution in [0.25, 0.3) is 0 Å². The molecule has 1 aromatic rings. The Labute approximate surface area is 128 Å². The standard InChI is InChI=1S/C15H20FN3O3/c1-4-15(20)18-6-5-17(9-11(18)3)14-7-10(2)13(19(21)22)8-12(14)16/h7-8,11H,4-6,9H2,1-3H3/t11-/m0/s1. The van der Waals surface area contributed by atoms with Crippen LogP contribution in [0.2, 0.25) is 0 Å². The number of anilines is 1. The lowest BCUT2D eigenvalue weighted by Crippen LogP contribution is -2.54. The van der Waals surface area contributed by atoms with E-state index in [1.165, 1.54) is 6.07 Å². The van der Waals surface area contributed by atoms with Gasteiger partial charge in [0.15, 0.2) is 5.82 Å². The summed E-state index contributed by atoms with van der Waals surface area (Å²) in [7, 11) is 0. The average Bonchev–Trinajstić information content (AvgIpc) is 2.48. The van der Waals surface area contributed by atoms with Crippen molar-refractivity contribution in [1.29, 1.82) is 0 Å². The van der Waals surface area contributed by atoms with Gasteiger partial charge in [0.1, 0.15) is 0 Å². The maximum absolute atomic E-state index is 14.2. The first-order valence-corrected chi connectivity index (χ1v) is 7.34. The summed E-state index contributed by atoms with van der Waals surface area (Å²) in [6.07, 6.45) is 0.454. The Kier molecular flexibility index (Phi) is 4.63. The summed E-state index contributed by atoms with van der Waals surface area (Å²) >= 11 is 0. The third-order valence-electron chi connectivity index (χ3n) is 4.05. The first kappa shape index (κ1) is 16.2. The Morgan fingerprint density at radius 2 is 2.14 bits per heavy atom. The molecule has 22 heavy (non-hydrogen) atoms. The smallest absolute Gasteiger partial charge is 0.275 e. The first-order valence-electron chi connectivity index (χ1n) is 7.34. The van der Waals surface area contributed by atoms with Crippen LogP contribution in [0.1, 0.15) is 25.8 Å². The van der Waals surface area contributed by atoms with Crippen LogP contribution in [0.5, 0.6) is 0 Å². The third kappa shape index (κ3) is 3.03. The van der Waals surface area contributed by atoms with Gasteiger partial charge < -0.3 is 9.80 Å². The summed E-state index contributed by atoms with van der Waals surface area (Å²) in [5.41, 5.74) is 0.578. The Bertz CT molecular complexity index is 606. The van der Waals surface area contributed by atoms with Crippen molar-refractivity contribution < 1.29 is 14.1 Å². The molecule has 1 aliphatic heterocycles. The van der Waals surface area contributed by atoms with Crippen molar-refractivity contribution in [2.24, 2.45) is 0 Å². The molecule has 0 spiro atoms. The van der Waals surface area contributed by atoms with Gasteiger partial charge in [-0.25, -0.2) is 4.39 Å². The highest BCUT2D eigenvalue weighted by Gasteiger charge is 2.28. The molecule has 1 saturated heterocycles. The molecule has 0 radical (unpaired) electrons. The molecule has 1 fully saturated rings. The molecule has 7 heteroatoms. The van der Waals surface area contributed by atoms with E-state index >= 15 is 0 Å². The quantitative estimate of drug-likeness (QED) is 0.635. The summed E-state index contributed by atoms with van der Waals surface area (Å²) in [5, 5.41) is 10.8. The minimum absolute atomic E-state index is 0.0175. The van der Waals surface area contributed by atoms with Crippen molar-refractivity contribution in [3.8, 4) is 0 Å². The van der Waals surface area contributed by atoms with E-state index in [4.69, 9.17) is 0 Å². The molecule has 1 amide bonds. The number of hydrogen-bond donors (Lipinski definition) is 0. The zero-order valence-corrected chi connectivity index (χ0v) is 13.0. The molecule has 0 N–H and O–H groups in total. The van der Waals surface area contributed by atoms with E-state index in [0.717, 1.165) is 6.07 Å². The normalized spacial score (nSPS) is 18.5. The number of rotatable bonds is 3. The van der Waals surface area contributed by atoms with Gasteiger partial charge in [0, 0.05) is 37.7 Å². The summed E-state index contributed by atoms with van der Waals surface area (Å²) in [5.74, 6) is -0.507. The lowest BCUT2D eigenvalue weighted by atomic mass is 10.1. The zero-order chi connectivity index (χ0) is 16.4. The van der Waals surface area contributed by atoms with Crippen molar-refractivity contribution in [3.05, 3.63) is 33.6 Å². The maximum atomic E-state index is 14.2. The van der Waals surface area contributed by atoms with E-state index in [1.807, 2.05) is 18.7 Å². The van der Waals surface area contributed by atoms with Crippen molar-refractivity contribution in [3.63, 3.8) is 0 Å². The summed E-state index contributed by atoms with van der Waals surface area (Å²) in [4.78, 5) is 25.7. The number of halogens is 1. The second kappa shape index (κ2) is 6.29. The fourth-order valence-electron chi connectivity index (χ4n) is 2.84. The van der Waals surface area contributed by atoms with Gasteiger partial charge in [0.25, 0.3) is 5.69 Å². The zero-order valence-electron chi connectivity index (χ0n) is 13.0. The number of nitro benzene ring substituents is 1. The third-order valence-corrected chi connectivity index (χ3v) is 4.05. The SMILES string of the molecule is CCC(=O)N1CCN(c2cc(C)c([N+](=O)[O-])cc2F)C[C@@H]1C. The molecule has 0 aliphatic carbocycles. The number of benzene rings is 1. The number of nitrogens with zero attached hydrogens (tertiary/aromatic N) is 3. The van der Waals surface area contributed by atoms with Crippen LogP contribution in [0, 0.1) is 22.9 Å². The highest BCUT2D eigenvalue weighted by molar-refractivity contribution is 5.76. The number of carbonyl (C=O) groups is 1. The number of amides is 1. The Balaban J connectivity index is 2.22. The Morgan fingerprint density at radius 1 is 1.45 bits per heavy atom. The summed E-state index contributed by atoms with van der Waals surface area (Å²) in [6.45, 7) is 6.91. The molecule has 0 bridgehead atoms. The van der Waals surface area contributed by atoms with Crippen molar-refractivity contribution in [2.75, 3.05) is 24.5 Å². The van der Waals surface area contributed by atoms with Gasteiger partial charge in [-0.1, -0.05) is 6.92 Å². The molecule has 120 valence electrons. The number of carbonyl (C=O) groups excluding carboxylic acids is 1. The Hall–Kier alpha value is -2.18. The molecular formula is C15H20FN3O3. The van der Waals surface area contributed by atoms with Gasteiger partial charge in [0.05, 0.1) is 16.7 Å². The van der Waals surface area contributed by atoms with Crippen LogP contribution < -0.4 is 4.90 Å². The summed E-state index contributed by atoms with van der Waals surface area (Å²) < 4.78 is 14.2. The Morgan fingerprint density at radius 3 is 2.68 bits per heavy atom. The highest BCUT2D eigenvalue weighted by atomic mass is 19.1. The van der Waals surface area contributed by atoms with E-state index in [0.29, 0.717) is 37.3 Å². The van der Waals surface area contributed by atoms with Gasteiger partial charge in [-0.2, -0.15) is 0 Å². The molecule has 2 rings (SSSR count). The first-order chi connectivity index (χ1) is 10.3. The van der Waals surface area contributed by atoms with Crippen molar-refractivity contribution >= 4 is 17.3 Å². The number of aryl methyl sites for hydroxylation is 1. The molecule has 6 nitrogen and oxygen atoms in total. The largest absolute Gasteiger partial charge is 0.365 e. The van der Waals surface area contributed by atoms with Gasteiger partial charge in [-0.05, 0) is 19.9 Å². The fourth-order valence-corrected chi connectivity index (χ4v) is 2.84. The fraction of sp³-hybridized carbons (Fsp3) is 0.533. The van der Waals surface area contributed by atoms with Gasteiger partial charge in [0.2, 0.25) is 5.91 Å². The lowest BCUT2D eigenvalue weighted by Gasteiger charge is -2.41. The van der Waals surface area contributed by atoms with Crippen molar-refractivity contribution in [1.82, 2.24) is 4.90 Å². The number of hydrogen-bond acceptors (Lipinski definition) is 4. The summed E-state index contributed by atoms with van der Waals surface area (Å²) in [6, 6.07) is 2.47. The van der Waals surface area contributed by atoms with E-state index < -0.39 is 10.7 Å². The van der Waals surface area contributed by atoms with Crippen LogP contribution in [0.4, 0.5) is 15.8 Å². The second-order valence-corrected chi connectivity index (χ2v) is 5.58. The van der Waals surface area contributed by atoms with E-state index in [9.17, 15) is 19.3 Å². The van der Waals surface area contributed by atoms with Crippen LogP contribution in [-0.2, 0) is 4.79 Å². The molecule has 0 aromatic heterocycles. The van der Waals surface area contributed by atoms with Gasteiger partial charge in [-0.3, -0.25) is 14.9 Å². The van der Waals surface area contributed by atoms with Gasteiger partial charge in [-0.15, -0.1) is 0 Å². The molecule has 1 atom stereocenters. The lowest BCUT2D eigenvalue weighted by molar-refractivity contribution is -0.385. The predicted molar refractivity (Wildman–Crippen MR) is 81.5 cm³/mol. The van der Waals surface area contributed by atoms with Crippen LogP contribution >= 0.6 is 0 Å². The molecule has 1 heterocycles. The molecule has 0 unspecified atom stereocenters. The molecular weight excluding hydrogens is 289 g/mol. The van der Waals surface area contributed by atoms with Crippen LogP contribution in [-0.4, -0.2) is 41.4 Å². The number of piperazine rings is 1. The topological polar surface area (TPSA) is 66.7 Å². The van der Waals surface area contributed by atoms with Crippen molar-refractivity contribution in [2.45, 2.75) is 33.2 Å². The highest BCUT2D eigenvalue weighted by Crippen LogP contribution is 2.29. The monoisotopic (exact) mass is 309 g/mol. The molecule has 0 saturated carbocycles.